The minimum Gasteiger partial charge on any atom is -0.377 e. The van der Waals surface area contributed by atoms with Gasteiger partial charge in [0.1, 0.15) is 4.90 Å². The first-order valence-corrected chi connectivity index (χ1v) is 13.1. The molecule has 0 saturated carbocycles. The second-order valence-electron chi connectivity index (χ2n) is 8.19. The summed E-state index contributed by atoms with van der Waals surface area (Å²) in [6.45, 7) is 0. The van der Waals surface area contributed by atoms with Crippen LogP contribution in [0.15, 0.2) is 81.4 Å². The van der Waals surface area contributed by atoms with Gasteiger partial charge in [-0.1, -0.05) is 42.5 Å². The molecule has 0 spiro atoms. The van der Waals surface area contributed by atoms with E-state index >= 15 is 0 Å². The lowest BCUT2D eigenvalue weighted by molar-refractivity contribution is 0.584. The van der Waals surface area contributed by atoms with Gasteiger partial charge in [-0.2, -0.15) is 0 Å². The lowest BCUT2D eigenvalue weighted by Crippen LogP contribution is -2.14. The monoisotopic (exact) mass is 482 g/mol. The van der Waals surface area contributed by atoms with Crippen LogP contribution in [0.1, 0.15) is 0 Å². The molecule has 0 atom stereocenters. The smallest absolute Gasteiger partial charge is 0.256 e. The van der Waals surface area contributed by atoms with Crippen LogP contribution in [0.3, 0.4) is 0 Å². The fourth-order valence-electron chi connectivity index (χ4n) is 4.18. The van der Waals surface area contributed by atoms with Crippen molar-refractivity contribution in [1.29, 1.82) is 0 Å². The number of benzene rings is 4. The summed E-state index contributed by atoms with van der Waals surface area (Å²) < 4.78 is 53.0. The Morgan fingerprint density at radius 1 is 0.576 bits per heavy atom. The van der Waals surface area contributed by atoms with Gasteiger partial charge in [0, 0.05) is 61.1 Å². The summed E-state index contributed by atoms with van der Waals surface area (Å²) in [4.78, 5) is 2.78. The van der Waals surface area contributed by atoms with E-state index in [9.17, 15) is 16.8 Å². The van der Waals surface area contributed by atoms with Gasteiger partial charge in [-0.05, 0) is 24.3 Å². The predicted octanol–water partition coefficient (Wildman–Crippen LogP) is 3.93. The van der Waals surface area contributed by atoms with Crippen molar-refractivity contribution in [2.45, 2.75) is 14.7 Å². The third-order valence-corrected chi connectivity index (χ3v) is 8.58. The van der Waals surface area contributed by atoms with E-state index in [0.29, 0.717) is 10.8 Å². The highest BCUT2D eigenvalue weighted by Gasteiger charge is 2.30. The molecule has 0 aliphatic carbocycles. The molecule has 0 saturated heterocycles. The van der Waals surface area contributed by atoms with Crippen molar-refractivity contribution < 1.29 is 16.8 Å². The average Bonchev–Trinajstić information content (AvgIpc) is 2.75. The van der Waals surface area contributed by atoms with Crippen LogP contribution in [0.5, 0.6) is 0 Å². The van der Waals surface area contributed by atoms with E-state index in [4.69, 9.17) is 5.14 Å². The van der Waals surface area contributed by atoms with E-state index in [1.807, 2.05) is 56.2 Å². The molecule has 0 amide bonds. The molecular weight excluding hydrogens is 458 g/mol. The standard InChI is InChI=1S/C24H24N3O4S2/c1-26(2)20-11-5-9-18-16(20)8-7-13-22(18)32(28,29)23-15-14-17-19(24(23)33(25,30)31)10-6-12-21(17)27(3)4/h5-15,25H,1-4H3. The molecule has 0 fully saturated rings. The molecule has 4 aromatic carbocycles. The van der Waals surface area contributed by atoms with E-state index in [1.165, 1.54) is 18.2 Å². The topological polar surface area (TPSA) is 98.6 Å². The second-order valence-corrected chi connectivity index (χ2v) is 11.5. The van der Waals surface area contributed by atoms with Gasteiger partial charge in [0.25, 0.3) is 10.0 Å². The summed E-state index contributed by atoms with van der Waals surface area (Å²) in [5.41, 5.74) is 1.56. The number of rotatable bonds is 5. The fourth-order valence-corrected chi connectivity index (χ4v) is 7.20. The van der Waals surface area contributed by atoms with Gasteiger partial charge >= 0.3 is 0 Å². The van der Waals surface area contributed by atoms with Crippen molar-refractivity contribution in [3.63, 3.8) is 0 Å². The van der Waals surface area contributed by atoms with Gasteiger partial charge < -0.3 is 9.80 Å². The maximum Gasteiger partial charge on any atom is 0.256 e. The Bertz CT molecular complexity index is 1610. The highest BCUT2D eigenvalue weighted by Crippen LogP contribution is 2.39. The fraction of sp³-hybridized carbons (Fsp3) is 0.167. The molecule has 171 valence electrons. The van der Waals surface area contributed by atoms with E-state index in [0.717, 1.165) is 16.8 Å². The number of nitrogens with one attached hydrogen (secondary N) is 1. The largest absolute Gasteiger partial charge is 0.377 e. The van der Waals surface area contributed by atoms with Crippen LogP contribution in [-0.2, 0) is 19.9 Å². The quantitative estimate of drug-likeness (QED) is 0.427. The van der Waals surface area contributed by atoms with Crippen molar-refractivity contribution in [3.05, 3.63) is 66.7 Å². The number of hydrogen-bond donors (Lipinski definition) is 0. The molecule has 1 N–H and O–H groups in total. The number of anilines is 2. The van der Waals surface area contributed by atoms with Crippen LogP contribution in [0, 0.1) is 0 Å². The van der Waals surface area contributed by atoms with Gasteiger partial charge in [0.05, 0.1) is 9.79 Å². The van der Waals surface area contributed by atoms with Crippen LogP contribution >= 0.6 is 0 Å². The SMILES string of the molecule is CN(C)c1cccc2c(S(=O)(=O)c3ccc4c(N(C)C)cccc4c3S([NH])(=O)=O)cccc12. The Balaban J connectivity index is 2.11. The summed E-state index contributed by atoms with van der Waals surface area (Å²) in [6.07, 6.45) is 0. The zero-order chi connectivity index (χ0) is 24.1. The Morgan fingerprint density at radius 2 is 1.06 bits per heavy atom. The highest BCUT2D eigenvalue weighted by atomic mass is 32.2. The summed E-state index contributed by atoms with van der Waals surface area (Å²) in [6, 6.07) is 18.2. The van der Waals surface area contributed by atoms with Crippen molar-refractivity contribution in [3.8, 4) is 0 Å². The third kappa shape index (κ3) is 3.82. The first kappa shape index (κ1) is 23.0. The van der Waals surface area contributed by atoms with E-state index < -0.39 is 29.7 Å². The number of sulfonamides is 1. The van der Waals surface area contributed by atoms with Crippen LogP contribution in [0.2, 0.25) is 0 Å². The molecule has 1 radical (unpaired) electrons. The number of nitrogens with zero attached hydrogens (tertiary/aromatic N) is 2. The predicted molar refractivity (Wildman–Crippen MR) is 132 cm³/mol. The first-order chi connectivity index (χ1) is 15.4. The van der Waals surface area contributed by atoms with Gasteiger partial charge in [0.2, 0.25) is 9.84 Å². The molecule has 0 aliphatic rings. The molecule has 4 aromatic rings. The van der Waals surface area contributed by atoms with Crippen LogP contribution < -0.4 is 14.9 Å². The third-order valence-electron chi connectivity index (χ3n) is 5.62. The lowest BCUT2D eigenvalue weighted by Gasteiger charge is -2.19. The summed E-state index contributed by atoms with van der Waals surface area (Å²) >= 11 is 0. The lowest BCUT2D eigenvalue weighted by atomic mass is 10.1. The van der Waals surface area contributed by atoms with Crippen molar-refractivity contribution >= 4 is 52.8 Å². The Kier molecular flexibility index (Phi) is 5.60. The van der Waals surface area contributed by atoms with E-state index in [-0.39, 0.29) is 10.3 Å². The molecule has 0 aliphatic heterocycles. The molecule has 4 rings (SSSR count). The van der Waals surface area contributed by atoms with E-state index in [1.54, 1.807) is 30.3 Å². The normalized spacial score (nSPS) is 12.3. The first-order valence-electron chi connectivity index (χ1n) is 10.1. The zero-order valence-corrected chi connectivity index (χ0v) is 20.3. The van der Waals surface area contributed by atoms with Crippen LogP contribution in [0.25, 0.3) is 21.5 Å². The molecule has 0 unspecified atom stereocenters. The van der Waals surface area contributed by atoms with Gasteiger partial charge in [-0.15, -0.1) is 5.14 Å². The van der Waals surface area contributed by atoms with Gasteiger partial charge in [-0.25, -0.2) is 16.8 Å². The Labute approximate surface area is 194 Å². The van der Waals surface area contributed by atoms with Gasteiger partial charge in [-0.3, -0.25) is 0 Å². The van der Waals surface area contributed by atoms with Crippen molar-refractivity contribution in [2.24, 2.45) is 0 Å². The maximum atomic E-state index is 13.9. The Morgan fingerprint density at radius 3 is 1.61 bits per heavy atom. The minimum atomic E-state index is -4.62. The van der Waals surface area contributed by atoms with Crippen molar-refractivity contribution in [2.75, 3.05) is 38.0 Å². The average molecular weight is 483 g/mol. The molecule has 0 aromatic heterocycles. The minimum absolute atomic E-state index is 0.00304. The molecule has 0 bridgehead atoms. The van der Waals surface area contributed by atoms with E-state index in [2.05, 4.69) is 0 Å². The Hall–Kier alpha value is -3.14. The molecule has 0 heterocycles. The highest BCUT2D eigenvalue weighted by molar-refractivity contribution is 7.93. The summed E-state index contributed by atoms with van der Waals surface area (Å²) in [7, 11) is -1.54. The van der Waals surface area contributed by atoms with Crippen LogP contribution in [0.4, 0.5) is 11.4 Å². The molecular formula is C24H24N3O4S2. The molecule has 9 heteroatoms. The summed E-state index contributed by atoms with van der Waals surface area (Å²) in [5.74, 6) is 0. The molecule has 7 nitrogen and oxygen atoms in total. The number of fused-ring (bicyclic) bond motifs is 2. The second kappa shape index (κ2) is 8.02. The summed E-state index contributed by atoms with van der Waals surface area (Å²) in [5, 5.41) is 9.83. The zero-order valence-electron chi connectivity index (χ0n) is 18.7. The van der Waals surface area contributed by atoms with Crippen molar-refractivity contribution in [1.82, 2.24) is 5.14 Å². The number of sulfone groups is 1. The number of hydrogen-bond acceptors (Lipinski definition) is 6. The maximum absolute atomic E-state index is 13.9. The van der Waals surface area contributed by atoms with Crippen LogP contribution in [-0.4, -0.2) is 45.0 Å². The molecule has 33 heavy (non-hydrogen) atoms. The van der Waals surface area contributed by atoms with Gasteiger partial charge in [0.15, 0.2) is 0 Å².